The number of carbonyl (C=O) groups excluding carboxylic acids is 2. The third kappa shape index (κ3) is 5.98. The molecule has 1 atom stereocenters. The van der Waals surface area contributed by atoms with Crippen LogP contribution in [0, 0.1) is 13.8 Å². The number of ketones is 1. The maximum absolute atomic E-state index is 12.9. The number of ether oxygens (including phenoxy) is 2. The fourth-order valence-electron chi connectivity index (χ4n) is 4.86. The lowest BCUT2D eigenvalue weighted by atomic mass is 10.1. The Morgan fingerprint density at radius 3 is 2.71 bits per heavy atom. The van der Waals surface area contributed by atoms with Crippen LogP contribution in [0.1, 0.15) is 40.2 Å². The Balaban J connectivity index is 1.22. The Morgan fingerprint density at radius 2 is 1.95 bits per heavy atom. The van der Waals surface area contributed by atoms with Gasteiger partial charge in [-0.15, -0.1) is 0 Å². The van der Waals surface area contributed by atoms with Gasteiger partial charge in [-0.1, -0.05) is 53.7 Å². The number of aryl methyl sites for hydroxylation is 1. The van der Waals surface area contributed by atoms with Gasteiger partial charge in [-0.25, -0.2) is 4.98 Å². The highest BCUT2D eigenvalue weighted by Crippen LogP contribution is 2.27. The van der Waals surface area contributed by atoms with Crippen LogP contribution in [0.2, 0.25) is 5.02 Å². The number of Topliss-reactive ketones (excluding diaryl/α,β-unsaturated/α-hetero) is 1. The molecule has 0 N–H and O–H groups in total. The maximum Gasteiger partial charge on any atom is 0.316 e. The van der Waals surface area contributed by atoms with E-state index >= 15 is 0 Å². The molecule has 3 heterocycles. The number of hydrogen-bond acceptors (Lipinski definition) is 6. The first-order valence-corrected chi connectivity index (χ1v) is 14.0. The number of aromatic nitrogens is 3. The second kappa shape index (κ2) is 11.8. The van der Waals surface area contributed by atoms with Gasteiger partial charge in [0.15, 0.2) is 11.8 Å². The molecule has 9 heteroatoms. The number of hydrogen-bond donors (Lipinski definition) is 0. The molecule has 1 saturated heterocycles. The minimum Gasteiger partial charge on any atom is -0.457 e. The number of benzene rings is 2. The smallest absolute Gasteiger partial charge is 0.316 e. The number of imidazole rings is 1. The van der Waals surface area contributed by atoms with Crippen LogP contribution in [0.15, 0.2) is 59.8 Å². The summed E-state index contributed by atoms with van der Waals surface area (Å²) in [6, 6.07) is 17.5. The summed E-state index contributed by atoms with van der Waals surface area (Å²) in [5.74, 6) is -0.633. The lowest BCUT2D eigenvalue weighted by molar-refractivity contribution is -0.139. The van der Waals surface area contributed by atoms with Gasteiger partial charge in [0, 0.05) is 35.1 Å². The molecule has 0 aliphatic carbocycles. The Morgan fingerprint density at radius 1 is 1.13 bits per heavy atom. The zero-order chi connectivity index (χ0) is 26.6. The summed E-state index contributed by atoms with van der Waals surface area (Å²) in [5, 5.41) is 1.29. The molecule has 1 aliphatic rings. The van der Waals surface area contributed by atoms with Crippen LogP contribution in [-0.2, 0) is 27.4 Å². The van der Waals surface area contributed by atoms with Gasteiger partial charge in [-0.2, -0.15) is 0 Å². The van der Waals surface area contributed by atoms with E-state index in [1.807, 2.05) is 68.4 Å². The van der Waals surface area contributed by atoms with E-state index in [4.69, 9.17) is 26.1 Å². The van der Waals surface area contributed by atoms with E-state index < -0.39 is 5.97 Å². The Kier molecular flexibility index (Phi) is 8.21. The van der Waals surface area contributed by atoms with Crippen LogP contribution in [0.3, 0.4) is 0 Å². The number of esters is 1. The van der Waals surface area contributed by atoms with E-state index in [-0.39, 0.29) is 24.2 Å². The summed E-state index contributed by atoms with van der Waals surface area (Å²) in [7, 11) is 0. The quantitative estimate of drug-likeness (QED) is 0.140. The number of rotatable bonds is 10. The molecular formula is C29H30ClN3O4S. The van der Waals surface area contributed by atoms with E-state index in [0.717, 1.165) is 54.0 Å². The number of nitrogens with zero attached hydrogens (tertiary/aromatic N) is 3. The van der Waals surface area contributed by atoms with Crippen molar-refractivity contribution in [3.05, 3.63) is 82.1 Å². The van der Waals surface area contributed by atoms with Gasteiger partial charge in [-0.05, 0) is 56.5 Å². The monoisotopic (exact) mass is 551 g/mol. The summed E-state index contributed by atoms with van der Waals surface area (Å²) in [6.07, 6.45) is 2.28. The van der Waals surface area contributed by atoms with Crippen LogP contribution in [-0.4, -0.2) is 50.9 Å². The third-order valence-electron chi connectivity index (χ3n) is 6.83. The Hall–Kier alpha value is -3.07. The normalized spacial score (nSPS) is 15.3. The van der Waals surface area contributed by atoms with Crippen molar-refractivity contribution in [3.8, 4) is 0 Å². The van der Waals surface area contributed by atoms with Gasteiger partial charge in [0.2, 0.25) is 5.78 Å². The first-order valence-electron chi connectivity index (χ1n) is 12.7. The van der Waals surface area contributed by atoms with Gasteiger partial charge >= 0.3 is 5.97 Å². The minimum absolute atomic E-state index is 0.0389. The molecular weight excluding hydrogens is 522 g/mol. The molecule has 7 nitrogen and oxygen atoms in total. The zero-order valence-corrected chi connectivity index (χ0v) is 23.1. The average Bonchev–Trinajstić information content (AvgIpc) is 3.62. The SMILES string of the molecule is Cc1cc(C(=O)COC(=O)CSc2nc3cc(Cl)ccc3n2Cc2ccccc2)c(C)n1CC1CCCO1. The molecule has 38 heavy (non-hydrogen) atoms. The van der Waals surface area contributed by atoms with Crippen molar-refractivity contribution in [2.45, 2.75) is 51.0 Å². The summed E-state index contributed by atoms with van der Waals surface area (Å²) in [4.78, 5) is 30.2. The van der Waals surface area contributed by atoms with Crippen LogP contribution in [0.5, 0.6) is 0 Å². The number of thioether (sulfide) groups is 1. The van der Waals surface area contributed by atoms with Crippen molar-refractivity contribution < 1.29 is 19.1 Å². The van der Waals surface area contributed by atoms with E-state index in [1.54, 1.807) is 0 Å². The molecule has 4 aromatic rings. The van der Waals surface area contributed by atoms with Gasteiger partial charge in [0.25, 0.3) is 0 Å². The fourth-order valence-corrected chi connectivity index (χ4v) is 5.83. The molecule has 5 rings (SSSR count). The number of halogens is 1. The topological polar surface area (TPSA) is 75.4 Å². The molecule has 1 unspecified atom stereocenters. The minimum atomic E-state index is -0.465. The van der Waals surface area contributed by atoms with Crippen molar-refractivity contribution in [3.63, 3.8) is 0 Å². The maximum atomic E-state index is 12.9. The highest BCUT2D eigenvalue weighted by atomic mass is 35.5. The van der Waals surface area contributed by atoms with Crippen LogP contribution >= 0.6 is 23.4 Å². The van der Waals surface area contributed by atoms with Crippen molar-refractivity contribution in [2.24, 2.45) is 0 Å². The second-order valence-electron chi connectivity index (χ2n) is 9.50. The van der Waals surface area contributed by atoms with Gasteiger partial charge in [0.1, 0.15) is 0 Å². The Bertz CT molecular complexity index is 1460. The summed E-state index contributed by atoms with van der Waals surface area (Å²) < 4.78 is 15.3. The molecule has 0 amide bonds. The molecule has 2 aromatic carbocycles. The molecule has 0 radical (unpaired) electrons. The number of fused-ring (bicyclic) bond motifs is 1. The second-order valence-corrected chi connectivity index (χ2v) is 10.9. The van der Waals surface area contributed by atoms with Crippen LogP contribution in [0.25, 0.3) is 11.0 Å². The van der Waals surface area contributed by atoms with Gasteiger partial charge in [-0.3, -0.25) is 9.59 Å². The zero-order valence-electron chi connectivity index (χ0n) is 21.5. The third-order valence-corrected chi connectivity index (χ3v) is 8.01. The van der Waals surface area contributed by atoms with Crippen molar-refractivity contribution in [1.82, 2.24) is 14.1 Å². The molecule has 198 valence electrons. The van der Waals surface area contributed by atoms with Crippen molar-refractivity contribution in [1.29, 1.82) is 0 Å². The highest BCUT2D eigenvalue weighted by Gasteiger charge is 2.22. The molecule has 0 saturated carbocycles. The average molecular weight is 552 g/mol. The largest absolute Gasteiger partial charge is 0.457 e. The van der Waals surface area contributed by atoms with E-state index in [1.165, 1.54) is 11.8 Å². The highest BCUT2D eigenvalue weighted by molar-refractivity contribution is 7.99. The van der Waals surface area contributed by atoms with E-state index in [2.05, 4.69) is 9.13 Å². The molecule has 0 bridgehead atoms. The first kappa shape index (κ1) is 26.5. The Labute approximate surface area is 231 Å². The van der Waals surface area contributed by atoms with E-state index in [0.29, 0.717) is 22.3 Å². The summed E-state index contributed by atoms with van der Waals surface area (Å²) in [6.45, 7) is 5.75. The van der Waals surface area contributed by atoms with Crippen LogP contribution in [0.4, 0.5) is 0 Å². The van der Waals surface area contributed by atoms with Crippen LogP contribution < -0.4 is 0 Å². The lowest BCUT2D eigenvalue weighted by Gasteiger charge is -2.14. The molecule has 0 spiro atoms. The van der Waals surface area contributed by atoms with Gasteiger partial charge in [0.05, 0.1) is 29.4 Å². The lowest BCUT2D eigenvalue weighted by Crippen LogP contribution is -2.18. The van der Waals surface area contributed by atoms with Gasteiger partial charge < -0.3 is 18.6 Å². The fraction of sp³-hybridized carbons (Fsp3) is 0.345. The predicted octanol–water partition coefficient (Wildman–Crippen LogP) is 5.85. The van der Waals surface area contributed by atoms with Crippen molar-refractivity contribution >= 4 is 46.1 Å². The molecule has 2 aromatic heterocycles. The summed E-state index contributed by atoms with van der Waals surface area (Å²) in [5.41, 5.74) is 5.28. The molecule has 1 fully saturated rings. The summed E-state index contributed by atoms with van der Waals surface area (Å²) >= 11 is 7.47. The molecule has 1 aliphatic heterocycles. The predicted molar refractivity (Wildman–Crippen MR) is 149 cm³/mol. The van der Waals surface area contributed by atoms with E-state index in [9.17, 15) is 9.59 Å². The first-order chi connectivity index (χ1) is 18.4. The number of carbonyl (C=O) groups is 2. The van der Waals surface area contributed by atoms with Crippen molar-refractivity contribution in [2.75, 3.05) is 19.0 Å². The standard InChI is InChI=1S/C29H30ClN3O4S/c1-19-13-24(20(2)32(19)16-23-9-6-12-36-23)27(34)17-37-28(35)18-38-29-31-25-14-22(30)10-11-26(25)33(29)15-21-7-4-3-5-8-21/h3-5,7-8,10-11,13-14,23H,6,9,12,15-18H2,1-2H3.